The Kier molecular flexibility index (Phi) is 3.78. The number of nitrogens with one attached hydrogen (secondary N) is 1. The molecule has 110 valence electrons. The smallest absolute Gasteiger partial charge is 0.240 e. The van der Waals surface area contributed by atoms with Crippen molar-refractivity contribution in [3.63, 3.8) is 0 Å². The lowest BCUT2D eigenvalue weighted by Crippen LogP contribution is -2.52. The van der Waals surface area contributed by atoms with Crippen molar-refractivity contribution >= 4 is 5.91 Å². The van der Waals surface area contributed by atoms with Gasteiger partial charge in [-0.05, 0) is 45.1 Å². The third-order valence-electron chi connectivity index (χ3n) is 4.55. The van der Waals surface area contributed by atoms with Gasteiger partial charge in [0.05, 0.1) is 17.8 Å². The summed E-state index contributed by atoms with van der Waals surface area (Å²) in [6.07, 6.45) is 4.30. The van der Waals surface area contributed by atoms with E-state index in [0.29, 0.717) is 5.92 Å². The normalized spacial score (nSPS) is 30.7. The van der Waals surface area contributed by atoms with Crippen molar-refractivity contribution in [1.29, 1.82) is 0 Å². The number of hydrogen-bond acceptors (Lipinski definition) is 4. The van der Waals surface area contributed by atoms with Crippen molar-refractivity contribution in [1.82, 2.24) is 15.4 Å². The maximum atomic E-state index is 12.8. The largest absolute Gasteiger partial charge is 0.359 e. The lowest BCUT2D eigenvalue weighted by molar-refractivity contribution is -0.136. The molecule has 3 heterocycles. The number of carbonyl (C=O) groups is 1. The zero-order valence-corrected chi connectivity index (χ0v) is 12.3. The number of piperidine rings is 1. The maximum absolute atomic E-state index is 12.8. The molecule has 1 aromatic heterocycles. The molecule has 3 rings (SSSR count). The molecule has 2 fully saturated rings. The average Bonchev–Trinajstić information content (AvgIpc) is 3.06. The third kappa shape index (κ3) is 2.46. The van der Waals surface area contributed by atoms with Crippen LogP contribution in [0.15, 0.2) is 10.6 Å². The van der Waals surface area contributed by atoms with Gasteiger partial charge in [-0.25, -0.2) is 0 Å². The Bertz CT molecular complexity index is 485. The summed E-state index contributed by atoms with van der Waals surface area (Å²) in [5.74, 6) is 1.47. The summed E-state index contributed by atoms with van der Waals surface area (Å²) in [7, 11) is 0. The fourth-order valence-corrected chi connectivity index (χ4v) is 3.43. The van der Waals surface area contributed by atoms with Crippen LogP contribution in [0.2, 0.25) is 0 Å². The van der Waals surface area contributed by atoms with E-state index in [4.69, 9.17) is 4.52 Å². The summed E-state index contributed by atoms with van der Waals surface area (Å²) in [5, 5.41) is 7.34. The first kappa shape index (κ1) is 13.6. The molecule has 5 nitrogen and oxygen atoms in total. The van der Waals surface area contributed by atoms with E-state index < -0.39 is 0 Å². The number of rotatable bonds is 2. The van der Waals surface area contributed by atoms with Gasteiger partial charge in [-0.2, -0.15) is 0 Å². The highest BCUT2D eigenvalue weighted by Crippen LogP contribution is 2.33. The average molecular weight is 277 g/mol. The minimum absolute atomic E-state index is 0.0339. The Balaban J connectivity index is 1.76. The molecule has 0 aromatic carbocycles. The second-order valence-electron chi connectivity index (χ2n) is 6.11. The minimum Gasteiger partial charge on any atom is -0.359 e. The topological polar surface area (TPSA) is 58.4 Å². The molecule has 0 bridgehead atoms. The number of amides is 1. The highest BCUT2D eigenvalue weighted by atomic mass is 16.5. The fourth-order valence-electron chi connectivity index (χ4n) is 3.43. The number of carbonyl (C=O) groups excluding carboxylic acids is 1. The van der Waals surface area contributed by atoms with E-state index in [-0.39, 0.29) is 18.0 Å². The Morgan fingerprint density at radius 2 is 2.30 bits per heavy atom. The predicted molar refractivity (Wildman–Crippen MR) is 75.1 cm³/mol. The first-order valence-corrected chi connectivity index (χ1v) is 7.64. The quantitative estimate of drug-likeness (QED) is 0.898. The van der Waals surface area contributed by atoms with Crippen LogP contribution in [0.3, 0.4) is 0 Å². The van der Waals surface area contributed by atoms with Gasteiger partial charge in [0, 0.05) is 12.6 Å². The van der Waals surface area contributed by atoms with Crippen LogP contribution < -0.4 is 5.32 Å². The molecule has 3 unspecified atom stereocenters. The van der Waals surface area contributed by atoms with Gasteiger partial charge in [-0.3, -0.25) is 4.79 Å². The van der Waals surface area contributed by atoms with E-state index in [1.54, 1.807) is 0 Å². The number of likely N-dealkylation sites (tertiary alicyclic amines) is 1. The van der Waals surface area contributed by atoms with E-state index in [2.05, 4.69) is 17.4 Å². The molecule has 1 N–H and O–H groups in total. The molecule has 1 amide bonds. The molecule has 2 aliphatic heterocycles. The summed E-state index contributed by atoms with van der Waals surface area (Å²) in [4.78, 5) is 14.8. The highest BCUT2D eigenvalue weighted by molar-refractivity contribution is 5.83. The van der Waals surface area contributed by atoms with Crippen molar-refractivity contribution in [3.8, 4) is 0 Å². The molecule has 20 heavy (non-hydrogen) atoms. The zero-order valence-electron chi connectivity index (χ0n) is 12.3. The number of nitrogens with zero attached hydrogens (tertiary/aromatic N) is 2. The van der Waals surface area contributed by atoms with Gasteiger partial charge >= 0.3 is 0 Å². The molecule has 2 saturated heterocycles. The standard InChI is InChI=1S/C15H23N3O2/c1-10-5-3-7-16-14(10)15(19)18-8-4-6-12(18)13-9-11(2)17-20-13/h9-10,12,14,16H,3-8H2,1-2H3. The second kappa shape index (κ2) is 5.56. The molecule has 0 radical (unpaired) electrons. The summed E-state index contributed by atoms with van der Waals surface area (Å²) in [6, 6.07) is 1.99. The molecule has 0 saturated carbocycles. The van der Waals surface area contributed by atoms with Crippen molar-refractivity contribution in [2.45, 2.75) is 51.6 Å². The van der Waals surface area contributed by atoms with Crippen molar-refractivity contribution in [2.24, 2.45) is 5.92 Å². The Morgan fingerprint density at radius 1 is 1.45 bits per heavy atom. The first-order chi connectivity index (χ1) is 9.66. The Hall–Kier alpha value is -1.36. The Labute approximate surface area is 119 Å². The number of hydrogen-bond donors (Lipinski definition) is 1. The van der Waals surface area contributed by atoms with Crippen LogP contribution in [0, 0.1) is 12.8 Å². The number of aromatic nitrogens is 1. The molecular weight excluding hydrogens is 254 g/mol. The molecule has 3 atom stereocenters. The SMILES string of the molecule is Cc1cc(C2CCCN2C(=O)C2NCCCC2C)on1. The van der Waals surface area contributed by atoms with E-state index in [0.717, 1.165) is 50.2 Å². The van der Waals surface area contributed by atoms with Crippen molar-refractivity contribution in [2.75, 3.05) is 13.1 Å². The fraction of sp³-hybridized carbons (Fsp3) is 0.733. The van der Waals surface area contributed by atoms with Crippen molar-refractivity contribution in [3.05, 3.63) is 17.5 Å². The van der Waals surface area contributed by atoms with Crippen LogP contribution >= 0.6 is 0 Å². The van der Waals surface area contributed by atoms with Crippen LogP contribution in [0.1, 0.15) is 50.1 Å². The highest BCUT2D eigenvalue weighted by Gasteiger charge is 2.38. The van der Waals surface area contributed by atoms with Gasteiger partial charge in [-0.15, -0.1) is 0 Å². The van der Waals surface area contributed by atoms with Gasteiger partial charge in [0.1, 0.15) is 0 Å². The maximum Gasteiger partial charge on any atom is 0.240 e. The summed E-state index contributed by atoms with van der Waals surface area (Å²) >= 11 is 0. The third-order valence-corrected chi connectivity index (χ3v) is 4.55. The van der Waals surface area contributed by atoms with E-state index in [9.17, 15) is 4.79 Å². The van der Waals surface area contributed by atoms with E-state index >= 15 is 0 Å². The molecule has 5 heteroatoms. The van der Waals surface area contributed by atoms with Crippen LogP contribution in [0.5, 0.6) is 0 Å². The minimum atomic E-state index is -0.0339. The van der Waals surface area contributed by atoms with E-state index in [1.165, 1.54) is 0 Å². The van der Waals surface area contributed by atoms with Gasteiger partial charge in [-0.1, -0.05) is 12.1 Å². The Morgan fingerprint density at radius 3 is 3.00 bits per heavy atom. The summed E-state index contributed by atoms with van der Waals surface area (Å²) < 4.78 is 5.38. The van der Waals surface area contributed by atoms with Gasteiger partial charge in [0.25, 0.3) is 0 Å². The van der Waals surface area contributed by atoms with Gasteiger partial charge < -0.3 is 14.7 Å². The second-order valence-corrected chi connectivity index (χ2v) is 6.11. The van der Waals surface area contributed by atoms with Crippen molar-refractivity contribution < 1.29 is 9.32 Å². The summed E-state index contributed by atoms with van der Waals surface area (Å²) in [5.41, 5.74) is 0.878. The molecule has 1 aromatic rings. The monoisotopic (exact) mass is 277 g/mol. The summed E-state index contributed by atoms with van der Waals surface area (Å²) in [6.45, 7) is 5.85. The zero-order chi connectivity index (χ0) is 14.1. The van der Waals surface area contributed by atoms with Crippen LogP contribution in [0.25, 0.3) is 0 Å². The molecule has 0 spiro atoms. The van der Waals surface area contributed by atoms with Gasteiger partial charge in [0.15, 0.2) is 5.76 Å². The molecule has 2 aliphatic rings. The lowest BCUT2D eigenvalue weighted by Gasteiger charge is -2.34. The van der Waals surface area contributed by atoms with E-state index in [1.807, 2.05) is 17.9 Å². The first-order valence-electron chi connectivity index (χ1n) is 7.64. The van der Waals surface area contributed by atoms with Gasteiger partial charge in [0.2, 0.25) is 5.91 Å². The number of aryl methyl sites for hydroxylation is 1. The predicted octanol–water partition coefficient (Wildman–Crippen LogP) is 2.03. The lowest BCUT2D eigenvalue weighted by atomic mass is 9.91. The van der Waals surface area contributed by atoms with Crippen LogP contribution in [-0.4, -0.2) is 35.1 Å². The van der Waals surface area contributed by atoms with Crippen LogP contribution in [-0.2, 0) is 4.79 Å². The molecular formula is C15H23N3O2. The molecule has 0 aliphatic carbocycles. The van der Waals surface area contributed by atoms with Crippen LogP contribution in [0.4, 0.5) is 0 Å².